The maximum atomic E-state index is 13.8. The Hall–Kier alpha value is -1.45. The number of hydrogen-bond acceptors (Lipinski definition) is 1. The van der Waals surface area contributed by atoms with E-state index in [0.29, 0.717) is 5.56 Å². The van der Waals surface area contributed by atoms with Gasteiger partial charge in [0.2, 0.25) is 5.91 Å². The van der Waals surface area contributed by atoms with Gasteiger partial charge in [-0.1, -0.05) is 32.8 Å². The molecule has 1 rings (SSSR count). The van der Waals surface area contributed by atoms with Crippen molar-refractivity contribution in [3.8, 4) is 0 Å². The van der Waals surface area contributed by atoms with Crippen LogP contribution in [-0.2, 0) is 5.92 Å². The number of amides is 1. The van der Waals surface area contributed by atoms with Crippen LogP contribution in [0.1, 0.15) is 73.9 Å². The summed E-state index contributed by atoms with van der Waals surface area (Å²) in [6, 6.07) is 4.43. The fourth-order valence-electron chi connectivity index (χ4n) is 2.60. The van der Waals surface area contributed by atoms with Crippen LogP contribution >= 0.6 is 0 Å². The van der Waals surface area contributed by atoms with Crippen LogP contribution in [0.2, 0.25) is 0 Å². The van der Waals surface area contributed by atoms with Gasteiger partial charge in [-0.3, -0.25) is 4.79 Å². The van der Waals surface area contributed by atoms with Crippen molar-refractivity contribution in [3.63, 3.8) is 0 Å². The molecule has 0 saturated carbocycles. The molecule has 0 aliphatic carbocycles. The van der Waals surface area contributed by atoms with Crippen molar-refractivity contribution in [1.29, 1.82) is 0 Å². The van der Waals surface area contributed by atoms with E-state index in [1.165, 1.54) is 6.07 Å². The molecule has 1 amide bonds. The van der Waals surface area contributed by atoms with Crippen LogP contribution in [0.25, 0.3) is 0 Å². The van der Waals surface area contributed by atoms with Crippen LogP contribution in [0.4, 0.5) is 8.78 Å². The zero-order valence-corrected chi connectivity index (χ0v) is 12.4. The van der Waals surface area contributed by atoms with E-state index >= 15 is 0 Å². The Balaban J connectivity index is 3.33. The highest BCUT2D eigenvalue weighted by molar-refractivity contribution is 5.93. The Morgan fingerprint density at radius 2 is 1.80 bits per heavy atom. The Labute approximate surface area is 119 Å². The second-order valence-electron chi connectivity index (χ2n) is 5.33. The highest BCUT2D eigenvalue weighted by Crippen LogP contribution is 2.37. The van der Waals surface area contributed by atoms with Crippen LogP contribution in [-0.4, -0.2) is 5.91 Å². The van der Waals surface area contributed by atoms with Gasteiger partial charge in [-0.05, 0) is 36.5 Å². The molecule has 4 heteroatoms. The smallest absolute Gasteiger partial charge is 0.270 e. The van der Waals surface area contributed by atoms with Gasteiger partial charge in [-0.2, -0.15) is 0 Å². The summed E-state index contributed by atoms with van der Waals surface area (Å²) in [5, 5.41) is 0. The second kappa shape index (κ2) is 6.82. The van der Waals surface area contributed by atoms with Crippen LogP contribution < -0.4 is 5.73 Å². The Kier molecular flexibility index (Phi) is 5.66. The Bertz CT molecular complexity index is 460. The number of carbonyl (C=O) groups is 1. The monoisotopic (exact) mass is 283 g/mol. The van der Waals surface area contributed by atoms with Gasteiger partial charge in [-0.25, -0.2) is 8.78 Å². The van der Waals surface area contributed by atoms with Gasteiger partial charge in [0, 0.05) is 18.1 Å². The lowest BCUT2D eigenvalue weighted by Crippen LogP contribution is -2.17. The van der Waals surface area contributed by atoms with Gasteiger partial charge in [-0.15, -0.1) is 0 Å². The number of rotatable bonds is 7. The largest absolute Gasteiger partial charge is 0.366 e. The highest BCUT2D eigenvalue weighted by Gasteiger charge is 2.30. The molecule has 0 saturated heterocycles. The molecular formula is C16H23F2NO. The minimum Gasteiger partial charge on any atom is -0.366 e. The Morgan fingerprint density at radius 1 is 1.25 bits per heavy atom. The SMILES string of the molecule is CCCC(CCC)c1ccc(C(N)=O)cc1C(C)(F)F. The number of primary amides is 1. The van der Waals surface area contributed by atoms with E-state index in [-0.39, 0.29) is 17.0 Å². The van der Waals surface area contributed by atoms with E-state index in [9.17, 15) is 13.6 Å². The van der Waals surface area contributed by atoms with Crippen molar-refractivity contribution in [2.24, 2.45) is 5.73 Å². The number of benzene rings is 1. The first-order chi connectivity index (χ1) is 9.31. The van der Waals surface area contributed by atoms with E-state index in [2.05, 4.69) is 0 Å². The third kappa shape index (κ3) is 4.02. The zero-order valence-electron chi connectivity index (χ0n) is 12.4. The van der Waals surface area contributed by atoms with Gasteiger partial charge in [0.05, 0.1) is 0 Å². The van der Waals surface area contributed by atoms with Crippen LogP contribution in [0, 0.1) is 0 Å². The number of alkyl halides is 2. The third-order valence-electron chi connectivity index (χ3n) is 3.52. The molecule has 0 bridgehead atoms. The molecule has 0 radical (unpaired) electrons. The number of halogens is 2. The first kappa shape index (κ1) is 16.6. The molecule has 2 N–H and O–H groups in total. The molecule has 0 aliphatic heterocycles. The zero-order chi connectivity index (χ0) is 15.3. The highest BCUT2D eigenvalue weighted by atomic mass is 19.3. The van der Waals surface area contributed by atoms with E-state index < -0.39 is 11.8 Å². The molecule has 0 aliphatic rings. The Morgan fingerprint density at radius 3 is 2.20 bits per heavy atom. The van der Waals surface area contributed by atoms with Crippen LogP contribution in [0.5, 0.6) is 0 Å². The first-order valence-electron chi connectivity index (χ1n) is 7.13. The van der Waals surface area contributed by atoms with Gasteiger partial charge in [0.15, 0.2) is 0 Å². The summed E-state index contributed by atoms with van der Waals surface area (Å²) in [4.78, 5) is 11.2. The maximum Gasteiger partial charge on any atom is 0.270 e. The summed E-state index contributed by atoms with van der Waals surface area (Å²) >= 11 is 0. The normalized spacial score (nSPS) is 11.9. The molecule has 112 valence electrons. The molecule has 1 aromatic rings. The molecule has 0 heterocycles. The number of nitrogens with two attached hydrogens (primary N) is 1. The second-order valence-corrected chi connectivity index (χ2v) is 5.33. The number of carbonyl (C=O) groups excluding carboxylic acids is 1. The summed E-state index contributed by atoms with van der Waals surface area (Å²) in [6.45, 7) is 4.96. The fraction of sp³-hybridized carbons (Fsp3) is 0.562. The van der Waals surface area contributed by atoms with Gasteiger partial charge < -0.3 is 5.73 Å². The van der Waals surface area contributed by atoms with Crippen molar-refractivity contribution in [2.75, 3.05) is 0 Å². The minimum absolute atomic E-state index is 0.0688. The number of hydrogen-bond donors (Lipinski definition) is 1. The van der Waals surface area contributed by atoms with Crippen LogP contribution in [0.3, 0.4) is 0 Å². The molecule has 20 heavy (non-hydrogen) atoms. The van der Waals surface area contributed by atoms with Gasteiger partial charge in [0.25, 0.3) is 5.92 Å². The predicted octanol–water partition coefficient (Wildman–Crippen LogP) is 4.58. The first-order valence-corrected chi connectivity index (χ1v) is 7.13. The molecule has 0 unspecified atom stereocenters. The molecule has 0 atom stereocenters. The molecule has 0 spiro atoms. The predicted molar refractivity (Wildman–Crippen MR) is 77.1 cm³/mol. The van der Waals surface area contributed by atoms with E-state index in [0.717, 1.165) is 32.6 Å². The molecule has 0 aromatic heterocycles. The van der Waals surface area contributed by atoms with E-state index in [1.807, 2.05) is 13.8 Å². The lowest BCUT2D eigenvalue weighted by atomic mass is 9.85. The lowest BCUT2D eigenvalue weighted by Gasteiger charge is -2.23. The van der Waals surface area contributed by atoms with E-state index in [4.69, 9.17) is 5.73 Å². The summed E-state index contributed by atoms with van der Waals surface area (Å²) in [6.07, 6.45) is 3.62. The average molecular weight is 283 g/mol. The van der Waals surface area contributed by atoms with Crippen molar-refractivity contribution in [1.82, 2.24) is 0 Å². The maximum absolute atomic E-state index is 13.8. The third-order valence-corrected chi connectivity index (χ3v) is 3.52. The van der Waals surface area contributed by atoms with Gasteiger partial charge >= 0.3 is 0 Å². The topological polar surface area (TPSA) is 43.1 Å². The van der Waals surface area contributed by atoms with Crippen LogP contribution in [0.15, 0.2) is 18.2 Å². The molecule has 1 aromatic carbocycles. The van der Waals surface area contributed by atoms with E-state index in [1.54, 1.807) is 12.1 Å². The fourth-order valence-corrected chi connectivity index (χ4v) is 2.60. The summed E-state index contributed by atoms with van der Waals surface area (Å²) in [7, 11) is 0. The molecule has 2 nitrogen and oxygen atoms in total. The molecule has 0 fully saturated rings. The summed E-state index contributed by atoms with van der Waals surface area (Å²) in [5.41, 5.74) is 5.90. The quantitative estimate of drug-likeness (QED) is 0.782. The minimum atomic E-state index is -2.97. The summed E-state index contributed by atoms with van der Waals surface area (Å²) in [5.74, 6) is -3.54. The van der Waals surface area contributed by atoms with Crippen molar-refractivity contribution < 1.29 is 13.6 Å². The lowest BCUT2D eigenvalue weighted by molar-refractivity contribution is 0.0160. The average Bonchev–Trinajstić information content (AvgIpc) is 2.36. The van der Waals surface area contributed by atoms with Crippen molar-refractivity contribution in [2.45, 2.75) is 58.3 Å². The standard InChI is InChI=1S/C16H23F2NO/c1-4-6-11(7-5-2)13-9-8-12(15(19)20)10-14(13)16(3,17)18/h8-11H,4-7H2,1-3H3,(H2,19,20). The summed E-state index contributed by atoms with van der Waals surface area (Å²) < 4.78 is 27.7. The van der Waals surface area contributed by atoms with Gasteiger partial charge in [0.1, 0.15) is 0 Å². The van der Waals surface area contributed by atoms with Crippen molar-refractivity contribution >= 4 is 5.91 Å². The molecular weight excluding hydrogens is 260 g/mol. The van der Waals surface area contributed by atoms with Crippen molar-refractivity contribution in [3.05, 3.63) is 34.9 Å².